The van der Waals surface area contributed by atoms with Crippen molar-refractivity contribution in [2.75, 3.05) is 19.4 Å². The van der Waals surface area contributed by atoms with Crippen molar-refractivity contribution in [3.8, 4) is 17.2 Å². The van der Waals surface area contributed by atoms with Crippen LogP contribution in [0.1, 0.15) is 27.7 Å². The Labute approximate surface area is 189 Å². The zero-order valence-corrected chi connectivity index (χ0v) is 18.0. The number of nitrogens with one attached hydrogen (secondary N) is 1. The first-order valence-corrected chi connectivity index (χ1v) is 10.3. The van der Waals surface area contributed by atoms with E-state index >= 15 is 0 Å². The van der Waals surface area contributed by atoms with E-state index in [0.29, 0.717) is 22.9 Å². The molecule has 3 aromatic carbocycles. The van der Waals surface area contributed by atoms with Gasteiger partial charge in [0.1, 0.15) is 11.5 Å². The average Bonchev–Trinajstić information content (AvgIpc) is 3.32. The Bertz CT molecular complexity index is 1300. The van der Waals surface area contributed by atoms with Crippen molar-refractivity contribution in [3.05, 3.63) is 89.7 Å². The van der Waals surface area contributed by atoms with Crippen LogP contribution in [0.25, 0.3) is 5.69 Å². The third-order valence-corrected chi connectivity index (χ3v) is 5.32. The molecule has 0 saturated carbocycles. The molecule has 1 aliphatic rings. The number of carbonyl (C=O) groups excluding carboxylic acids is 2. The third kappa shape index (κ3) is 3.80. The molecule has 0 saturated heterocycles. The summed E-state index contributed by atoms with van der Waals surface area (Å²) < 4.78 is 5.98. The van der Waals surface area contributed by atoms with Gasteiger partial charge in [0.2, 0.25) is 5.91 Å². The molecule has 0 bridgehead atoms. The van der Waals surface area contributed by atoms with Gasteiger partial charge in [-0.25, -0.2) is 0 Å². The van der Waals surface area contributed by atoms with Crippen molar-refractivity contribution < 1.29 is 14.3 Å². The maximum Gasteiger partial charge on any atom is 0.294 e. The topological polar surface area (TPSA) is 102 Å². The lowest BCUT2D eigenvalue weighted by Crippen LogP contribution is -2.25. The molecule has 1 aliphatic heterocycles. The number of para-hydroxylation sites is 2. The second-order valence-electron chi connectivity index (χ2n) is 7.75. The largest absolute Gasteiger partial charge is 0.457 e. The number of rotatable bonds is 4. The highest BCUT2D eigenvalue weighted by Crippen LogP contribution is 2.44. The van der Waals surface area contributed by atoms with E-state index in [0.717, 1.165) is 11.1 Å². The smallest absolute Gasteiger partial charge is 0.294 e. The molecular formula is C24H20N6O3. The Balaban J connectivity index is 1.38. The van der Waals surface area contributed by atoms with Crippen LogP contribution in [-0.4, -0.2) is 51.0 Å². The molecule has 1 aromatic heterocycles. The van der Waals surface area contributed by atoms with Gasteiger partial charge in [-0.05, 0) is 41.6 Å². The zero-order valence-electron chi connectivity index (χ0n) is 18.0. The first kappa shape index (κ1) is 20.4. The van der Waals surface area contributed by atoms with Crippen LogP contribution >= 0.6 is 0 Å². The fourth-order valence-electron chi connectivity index (χ4n) is 3.69. The van der Waals surface area contributed by atoms with Gasteiger partial charge in [0, 0.05) is 30.9 Å². The van der Waals surface area contributed by atoms with Crippen LogP contribution in [0.5, 0.6) is 11.5 Å². The number of nitrogens with zero attached hydrogens (tertiary/aromatic N) is 5. The van der Waals surface area contributed by atoms with Gasteiger partial charge in [0.25, 0.3) is 11.7 Å². The van der Waals surface area contributed by atoms with Gasteiger partial charge >= 0.3 is 0 Å². The SMILES string of the molecule is CN(C)C(=O)c1nnn(-c2ccc(NC(=O)C3c4ccccc4Oc4ccccc43)cc2)n1. The van der Waals surface area contributed by atoms with Crippen LogP contribution in [0.15, 0.2) is 72.8 Å². The van der Waals surface area contributed by atoms with Crippen LogP contribution in [0.2, 0.25) is 0 Å². The lowest BCUT2D eigenvalue weighted by atomic mass is 9.87. The van der Waals surface area contributed by atoms with Gasteiger partial charge in [0.15, 0.2) is 0 Å². The van der Waals surface area contributed by atoms with Gasteiger partial charge < -0.3 is 15.0 Å². The predicted molar refractivity (Wildman–Crippen MR) is 121 cm³/mol. The minimum atomic E-state index is -0.498. The fraction of sp³-hybridized carbons (Fsp3) is 0.125. The molecule has 1 N–H and O–H groups in total. The second kappa shape index (κ2) is 8.19. The van der Waals surface area contributed by atoms with E-state index in [1.165, 1.54) is 9.70 Å². The number of fused-ring (bicyclic) bond motifs is 2. The standard InChI is InChI=1S/C24H20N6O3/c1-29(2)24(32)22-26-28-30(27-22)16-13-11-15(12-14-16)25-23(31)21-17-7-3-5-9-19(17)33-20-10-6-4-8-18(20)21/h3-14,21H,1-2H3,(H,25,31). The first-order chi connectivity index (χ1) is 16.0. The molecule has 2 heterocycles. The Morgan fingerprint density at radius 2 is 1.52 bits per heavy atom. The molecule has 164 valence electrons. The normalized spacial score (nSPS) is 12.3. The van der Waals surface area contributed by atoms with E-state index < -0.39 is 5.92 Å². The molecule has 0 fully saturated rings. The molecule has 0 aliphatic carbocycles. The van der Waals surface area contributed by atoms with Crippen LogP contribution < -0.4 is 10.1 Å². The van der Waals surface area contributed by atoms with Gasteiger partial charge in [-0.15, -0.1) is 15.0 Å². The van der Waals surface area contributed by atoms with E-state index in [-0.39, 0.29) is 17.6 Å². The van der Waals surface area contributed by atoms with Crippen molar-refractivity contribution in [1.29, 1.82) is 0 Å². The van der Waals surface area contributed by atoms with Crippen LogP contribution in [-0.2, 0) is 4.79 Å². The summed E-state index contributed by atoms with van der Waals surface area (Å²) in [5.74, 6) is 0.363. The summed E-state index contributed by atoms with van der Waals surface area (Å²) in [6.45, 7) is 0. The average molecular weight is 440 g/mol. The quantitative estimate of drug-likeness (QED) is 0.523. The molecule has 9 heteroatoms. The highest BCUT2D eigenvalue weighted by atomic mass is 16.5. The number of aromatic nitrogens is 4. The highest BCUT2D eigenvalue weighted by molar-refractivity contribution is 5.99. The van der Waals surface area contributed by atoms with Crippen LogP contribution in [0, 0.1) is 0 Å². The lowest BCUT2D eigenvalue weighted by molar-refractivity contribution is -0.116. The monoisotopic (exact) mass is 440 g/mol. The minimum Gasteiger partial charge on any atom is -0.457 e. The van der Waals surface area contributed by atoms with Crippen LogP contribution in [0.3, 0.4) is 0 Å². The highest BCUT2D eigenvalue weighted by Gasteiger charge is 2.32. The minimum absolute atomic E-state index is 0.00854. The summed E-state index contributed by atoms with van der Waals surface area (Å²) in [5.41, 5.74) is 2.86. The summed E-state index contributed by atoms with van der Waals surface area (Å²) in [6, 6.07) is 22.1. The second-order valence-corrected chi connectivity index (χ2v) is 7.75. The summed E-state index contributed by atoms with van der Waals surface area (Å²) >= 11 is 0. The summed E-state index contributed by atoms with van der Waals surface area (Å²) in [5, 5.41) is 14.8. The van der Waals surface area contributed by atoms with Crippen molar-refractivity contribution in [1.82, 2.24) is 25.1 Å². The molecule has 33 heavy (non-hydrogen) atoms. The molecule has 2 amide bonds. The number of tetrazole rings is 1. The molecule has 9 nitrogen and oxygen atoms in total. The predicted octanol–water partition coefficient (Wildman–Crippen LogP) is 3.24. The zero-order chi connectivity index (χ0) is 22.9. The molecule has 0 spiro atoms. The molecule has 4 aromatic rings. The van der Waals surface area contributed by atoms with E-state index in [9.17, 15) is 9.59 Å². The van der Waals surface area contributed by atoms with E-state index in [1.807, 2.05) is 48.5 Å². The van der Waals surface area contributed by atoms with Crippen molar-refractivity contribution >= 4 is 17.5 Å². The Hall–Kier alpha value is -4.53. The number of ether oxygens (including phenoxy) is 1. The first-order valence-electron chi connectivity index (χ1n) is 10.3. The number of hydrogen-bond donors (Lipinski definition) is 1. The number of amides is 2. The number of anilines is 1. The Kier molecular flexibility index (Phi) is 5.06. The number of carbonyl (C=O) groups is 2. The number of benzene rings is 3. The molecule has 0 unspecified atom stereocenters. The number of hydrogen-bond acceptors (Lipinski definition) is 6. The van der Waals surface area contributed by atoms with Gasteiger partial charge in [-0.3, -0.25) is 9.59 Å². The van der Waals surface area contributed by atoms with E-state index in [2.05, 4.69) is 20.7 Å². The molecular weight excluding hydrogens is 420 g/mol. The van der Waals surface area contributed by atoms with Crippen molar-refractivity contribution in [3.63, 3.8) is 0 Å². The van der Waals surface area contributed by atoms with Gasteiger partial charge in [0.05, 0.1) is 11.6 Å². The lowest BCUT2D eigenvalue weighted by Gasteiger charge is -2.27. The molecule has 0 atom stereocenters. The maximum atomic E-state index is 13.3. The third-order valence-electron chi connectivity index (χ3n) is 5.32. The van der Waals surface area contributed by atoms with Crippen molar-refractivity contribution in [2.24, 2.45) is 0 Å². The van der Waals surface area contributed by atoms with Crippen molar-refractivity contribution in [2.45, 2.75) is 5.92 Å². The van der Waals surface area contributed by atoms with Gasteiger partial charge in [-0.1, -0.05) is 36.4 Å². The summed E-state index contributed by atoms with van der Waals surface area (Å²) in [6.07, 6.45) is 0. The van der Waals surface area contributed by atoms with Gasteiger partial charge in [-0.2, -0.15) is 0 Å². The Morgan fingerprint density at radius 1 is 0.909 bits per heavy atom. The maximum absolute atomic E-state index is 13.3. The summed E-state index contributed by atoms with van der Waals surface area (Å²) in [4.78, 5) is 28.0. The van der Waals surface area contributed by atoms with Crippen LogP contribution in [0.4, 0.5) is 5.69 Å². The molecule has 5 rings (SSSR count). The van der Waals surface area contributed by atoms with E-state index in [4.69, 9.17) is 4.74 Å². The fourth-order valence-corrected chi connectivity index (χ4v) is 3.69. The van der Waals surface area contributed by atoms with E-state index in [1.54, 1.807) is 38.4 Å². The summed E-state index contributed by atoms with van der Waals surface area (Å²) in [7, 11) is 3.24. The molecule has 0 radical (unpaired) electrons. The Morgan fingerprint density at radius 3 is 2.12 bits per heavy atom.